The van der Waals surface area contributed by atoms with Crippen molar-refractivity contribution in [3.05, 3.63) is 63.6 Å². The molecule has 0 amide bonds. The first-order chi connectivity index (χ1) is 8.09. The lowest BCUT2D eigenvalue weighted by atomic mass is 9.99. The molecule has 1 atom stereocenters. The average molecular weight is 296 g/mol. The molecule has 2 aromatic rings. The van der Waals surface area contributed by atoms with E-state index in [4.69, 9.17) is 0 Å². The fourth-order valence-electron chi connectivity index (χ4n) is 1.65. The van der Waals surface area contributed by atoms with Crippen LogP contribution in [0.2, 0.25) is 0 Å². The molecule has 0 spiro atoms. The van der Waals surface area contributed by atoms with Crippen LogP contribution in [-0.2, 0) is 0 Å². The smallest absolute Gasteiger partial charge is 0.130 e. The third-order valence-electron chi connectivity index (χ3n) is 2.63. The van der Waals surface area contributed by atoms with Gasteiger partial charge in [-0.3, -0.25) is 4.98 Å². The highest BCUT2D eigenvalue weighted by Crippen LogP contribution is 2.27. The van der Waals surface area contributed by atoms with E-state index in [1.165, 1.54) is 6.07 Å². The minimum absolute atomic E-state index is 0.254. The molecule has 0 saturated heterocycles. The molecule has 2 nitrogen and oxygen atoms in total. The summed E-state index contributed by atoms with van der Waals surface area (Å²) in [4.78, 5) is 3.95. The van der Waals surface area contributed by atoms with Gasteiger partial charge in [0.25, 0.3) is 0 Å². The minimum Gasteiger partial charge on any atom is -0.383 e. The molecule has 0 fully saturated rings. The number of hydrogen-bond donors (Lipinski definition) is 1. The second-order valence-corrected chi connectivity index (χ2v) is 4.72. The number of aliphatic hydroxyl groups excluding tert-OH is 1. The van der Waals surface area contributed by atoms with Crippen LogP contribution in [-0.4, -0.2) is 10.1 Å². The number of benzene rings is 1. The highest BCUT2D eigenvalue weighted by Gasteiger charge is 2.16. The fourth-order valence-corrected chi connectivity index (χ4v) is 1.99. The van der Waals surface area contributed by atoms with Crippen LogP contribution in [0.3, 0.4) is 0 Å². The molecular formula is C13H11BrFNO. The van der Waals surface area contributed by atoms with Gasteiger partial charge in [0.15, 0.2) is 0 Å². The molecule has 1 aromatic heterocycles. The predicted molar refractivity (Wildman–Crippen MR) is 67.1 cm³/mol. The Morgan fingerprint density at radius 3 is 2.71 bits per heavy atom. The van der Waals surface area contributed by atoms with Crippen molar-refractivity contribution in [2.45, 2.75) is 13.0 Å². The number of rotatable bonds is 2. The zero-order chi connectivity index (χ0) is 12.4. The Bertz CT molecular complexity index is 545. The summed E-state index contributed by atoms with van der Waals surface area (Å²) in [5.41, 5.74) is 1.76. The van der Waals surface area contributed by atoms with E-state index in [2.05, 4.69) is 20.9 Å². The summed E-state index contributed by atoms with van der Waals surface area (Å²) in [6.45, 7) is 1.86. The first-order valence-electron chi connectivity index (χ1n) is 5.13. The molecule has 17 heavy (non-hydrogen) atoms. The molecule has 0 bridgehead atoms. The van der Waals surface area contributed by atoms with E-state index in [1.807, 2.05) is 6.92 Å². The Balaban J connectivity index is 2.44. The van der Waals surface area contributed by atoms with Crippen LogP contribution in [0.4, 0.5) is 4.39 Å². The Hall–Kier alpha value is -1.26. The first kappa shape index (κ1) is 12.2. The molecule has 1 aromatic carbocycles. The second-order valence-electron chi connectivity index (χ2n) is 3.80. The number of aromatic nitrogens is 1. The van der Waals surface area contributed by atoms with Gasteiger partial charge in [0.1, 0.15) is 11.9 Å². The number of aryl methyl sites for hydroxylation is 1. The van der Waals surface area contributed by atoms with E-state index < -0.39 is 11.9 Å². The highest BCUT2D eigenvalue weighted by molar-refractivity contribution is 9.10. The summed E-state index contributed by atoms with van der Waals surface area (Å²) in [6, 6.07) is 6.39. The van der Waals surface area contributed by atoms with Crippen molar-refractivity contribution in [1.82, 2.24) is 4.98 Å². The average Bonchev–Trinajstić information content (AvgIpc) is 2.29. The Kier molecular flexibility index (Phi) is 3.54. The lowest BCUT2D eigenvalue weighted by Gasteiger charge is -2.14. The van der Waals surface area contributed by atoms with Crippen molar-refractivity contribution >= 4 is 15.9 Å². The van der Waals surface area contributed by atoms with Crippen molar-refractivity contribution in [2.24, 2.45) is 0 Å². The molecule has 0 radical (unpaired) electrons. The van der Waals surface area contributed by atoms with E-state index in [9.17, 15) is 9.50 Å². The van der Waals surface area contributed by atoms with Crippen LogP contribution < -0.4 is 0 Å². The quantitative estimate of drug-likeness (QED) is 0.921. The normalized spacial score (nSPS) is 12.5. The molecule has 1 heterocycles. The molecule has 0 aliphatic rings. The van der Waals surface area contributed by atoms with Crippen LogP contribution in [0.15, 0.2) is 41.1 Å². The molecule has 1 unspecified atom stereocenters. The molecule has 1 N–H and O–H groups in total. The molecule has 4 heteroatoms. The van der Waals surface area contributed by atoms with E-state index >= 15 is 0 Å². The minimum atomic E-state index is -0.989. The van der Waals surface area contributed by atoms with Gasteiger partial charge in [0, 0.05) is 28.0 Å². The maximum atomic E-state index is 13.7. The standard InChI is InChI=1S/C13H11BrFNO/c1-8-4-5-16-7-11(8)13(17)10-3-2-9(14)6-12(10)15/h2-7,13,17H,1H3. The maximum absolute atomic E-state index is 13.7. The van der Waals surface area contributed by atoms with E-state index in [1.54, 1.807) is 30.6 Å². The Morgan fingerprint density at radius 1 is 1.29 bits per heavy atom. The summed E-state index contributed by atoms with van der Waals surface area (Å²) >= 11 is 3.18. The summed E-state index contributed by atoms with van der Waals surface area (Å²) in [5.74, 6) is -0.435. The van der Waals surface area contributed by atoms with Gasteiger partial charge in [0.2, 0.25) is 0 Å². The third-order valence-corrected chi connectivity index (χ3v) is 3.12. The lowest BCUT2D eigenvalue weighted by Crippen LogP contribution is -2.05. The number of aliphatic hydroxyl groups is 1. The molecule has 0 aliphatic heterocycles. The predicted octanol–water partition coefficient (Wildman–Crippen LogP) is 3.37. The molecular weight excluding hydrogens is 285 g/mol. The van der Waals surface area contributed by atoms with Gasteiger partial charge in [-0.2, -0.15) is 0 Å². The summed E-state index contributed by atoms with van der Waals surface area (Å²) < 4.78 is 14.4. The van der Waals surface area contributed by atoms with Gasteiger partial charge in [-0.05, 0) is 30.7 Å². The van der Waals surface area contributed by atoms with Crippen molar-refractivity contribution < 1.29 is 9.50 Å². The SMILES string of the molecule is Cc1ccncc1C(O)c1ccc(Br)cc1F. The number of nitrogens with zero attached hydrogens (tertiary/aromatic N) is 1. The lowest BCUT2D eigenvalue weighted by molar-refractivity contribution is 0.213. The second kappa shape index (κ2) is 4.94. The Labute approximate surface area is 107 Å². The van der Waals surface area contributed by atoms with Crippen LogP contribution >= 0.6 is 15.9 Å². The topological polar surface area (TPSA) is 33.1 Å². The monoisotopic (exact) mass is 295 g/mol. The van der Waals surface area contributed by atoms with Crippen molar-refractivity contribution in [2.75, 3.05) is 0 Å². The first-order valence-corrected chi connectivity index (χ1v) is 5.92. The van der Waals surface area contributed by atoms with Gasteiger partial charge in [0.05, 0.1) is 0 Å². The van der Waals surface area contributed by atoms with E-state index in [-0.39, 0.29) is 5.56 Å². The van der Waals surface area contributed by atoms with E-state index in [0.29, 0.717) is 10.0 Å². The van der Waals surface area contributed by atoms with Gasteiger partial charge in [-0.15, -0.1) is 0 Å². The molecule has 88 valence electrons. The van der Waals surface area contributed by atoms with Gasteiger partial charge < -0.3 is 5.11 Å². The summed E-state index contributed by atoms with van der Waals surface area (Å²) in [6.07, 6.45) is 2.21. The zero-order valence-corrected chi connectivity index (χ0v) is 10.8. The fraction of sp³-hybridized carbons (Fsp3) is 0.154. The third kappa shape index (κ3) is 2.53. The van der Waals surface area contributed by atoms with Crippen LogP contribution in [0.25, 0.3) is 0 Å². The van der Waals surface area contributed by atoms with Crippen LogP contribution in [0, 0.1) is 12.7 Å². The molecule has 2 rings (SSSR count). The highest BCUT2D eigenvalue weighted by atomic mass is 79.9. The number of pyridine rings is 1. The van der Waals surface area contributed by atoms with Crippen LogP contribution in [0.5, 0.6) is 0 Å². The van der Waals surface area contributed by atoms with Crippen molar-refractivity contribution in [1.29, 1.82) is 0 Å². The van der Waals surface area contributed by atoms with Gasteiger partial charge in [-0.25, -0.2) is 4.39 Å². The maximum Gasteiger partial charge on any atom is 0.130 e. The van der Waals surface area contributed by atoms with E-state index in [0.717, 1.165) is 5.56 Å². The Morgan fingerprint density at radius 2 is 2.06 bits per heavy atom. The van der Waals surface area contributed by atoms with Gasteiger partial charge >= 0.3 is 0 Å². The number of halogens is 2. The van der Waals surface area contributed by atoms with Crippen molar-refractivity contribution in [3.63, 3.8) is 0 Å². The summed E-state index contributed by atoms with van der Waals surface area (Å²) in [7, 11) is 0. The largest absolute Gasteiger partial charge is 0.383 e. The zero-order valence-electron chi connectivity index (χ0n) is 9.19. The van der Waals surface area contributed by atoms with Crippen molar-refractivity contribution in [3.8, 4) is 0 Å². The van der Waals surface area contributed by atoms with Gasteiger partial charge in [-0.1, -0.05) is 22.0 Å². The summed E-state index contributed by atoms with van der Waals surface area (Å²) in [5, 5.41) is 10.1. The van der Waals surface area contributed by atoms with Crippen LogP contribution in [0.1, 0.15) is 22.8 Å². The molecule has 0 aliphatic carbocycles. The number of hydrogen-bond acceptors (Lipinski definition) is 2. The molecule has 0 saturated carbocycles.